The van der Waals surface area contributed by atoms with E-state index in [1.165, 1.54) is 17.0 Å². The number of aromatic nitrogens is 5. The normalized spacial score (nSPS) is 14.3. The fourth-order valence-corrected chi connectivity index (χ4v) is 4.48. The largest absolute Gasteiger partial charge is 0.369 e. The van der Waals surface area contributed by atoms with E-state index in [0.29, 0.717) is 29.5 Å². The molecule has 0 atom stereocenters. The lowest BCUT2D eigenvalue weighted by Gasteiger charge is -2.29. The third kappa shape index (κ3) is 5.03. The van der Waals surface area contributed by atoms with Crippen molar-refractivity contribution in [2.24, 2.45) is 0 Å². The van der Waals surface area contributed by atoms with Gasteiger partial charge >= 0.3 is 0 Å². The van der Waals surface area contributed by atoms with Crippen molar-refractivity contribution in [1.29, 1.82) is 0 Å². The SMILES string of the molecule is CN(c1ncccc1Cn1ncc2cnc(Nc3ccc(N4CCNCC4)cc3)nc21)S(C)(=O)=O. The summed E-state index contributed by atoms with van der Waals surface area (Å²) in [5.41, 5.74) is 3.43. The molecule has 12 heteroatoms. The van der Waals surface area contributed by atoms with Gasteiger partial charge in [-0.15, -0.1) is 0 Å². The molecule has 1 aromatic carbocycles. The second-order valence-electron chi connectivity index (χ2n) is 8.40. The molecule has 1 aliphatic rings. The van der Waals surface area contributed by atoms with E-state index >= 15 is 0 Å². The predicted octanol–water partition coefficient (Wildman–Crippen LogP) is 1.82. The number of hydrogen-bond acceptors (Lipinski definition) is 9. The molecular formula is C23H27N9O2S. The summed E-state index contributed by atoms with van der Waals surface area (Å²) in [7, 11) is -1.97. The second kappa shape index (κ2) is 9.47. The topological polar surface area (TPSA) is 121 Å². The third-order valence-corrected chi connectivity index (χ3v) is 7.13. The molecule has 0 radical (unpaired) electrons. The molecule has 0 aliphatic carbocycles. The van der Waals surface area contributed by atoms with Crippen molar-refractivity contribution in [2.45, 2.75) is 6.54 Å². The van der Waals surface area contributed by atoms with Gasteiger partial charge in [-0.2, -0.15) is 10.1 Å². The number of anilines is 4. The lowest BCUT2D eigenvalue weighted by Crippen LogP contribution is -2.43. The predicted molar refractivity (Wildman–Crippen MR) is 137 cm³/mol. The first-order valence-corrected chi connectivity index (χ1v) is 13.1. The lowest BCUT2D eigenvalue weighted by atomic mass is 10.2. The first kappa shape index (κ1) is 23.0. The summed E-state index contributed by atoms with van der Waals surface area (Å²) in [6, 6.07) is 11.8. The summed E-state index contributed by atoms with van der Waals surface area (Å²) in [6.07, 6.45) is 6.13. The van der Waals surface area contributed by atoms with Gasteiger partial charge in [-0.05, 0) is 30.3 Å². The van der Waals surface area contributed by atoms with Gasteiger partial charge in [-0.3, -0.25) is 4.31 Å². The van der Waals surface area contributed by atoms with Gasteiger partial charge in [0.2, 0.25) is 16.0 Å². The Kier molecular flexibility index (Phi) is 6.22. The fraction of sp³-hybridized carbons (Fsp3) is 0.304. The standard InChI is InChI=1S/C23H27N9O2S/c1-30(35(2,33)34)21-17(4-3-9-25-21)16-32-22-18(15-27-32)14-26-23(29-22)28-19-5-7-20(8-6-19)31-12-10-24-11-13-31/h3-9,14-15,24H,10-13,16H2,1-2H3,(H,26,28,29). The van der Waals surface area contributed by atoms with Crippen LogP contribution in [0.2, 0.25) is 0 Å². The summed E-state index contributed by atoms with van der Waals surface area (Å²) >= 11 is 0. The number of hydrogen-bond donors (Lipinski definition) is 2. The molecular weight excluding hydrogens is 466 g/mol. The monoisotopic (exact) mass is 493 g/mol. The van der Waals surface area contributed by atoms with E-state index in [1.54, 1.807) is 29.3 Å². The van der Waals surface area contributed by atoms with Crippen LogP contribution in [0.4, 0.5) is 23.1 Å². The molecule has 0 spiro atoms. The van der Waals surface area contributed by atoms with E-state index in [2.05, 4.69) is 47.7 Å². The molecule has 182 valence electrons. The van der Waals surface area contributed by atoms with E-state index < -0.39 is 10.0 Å². The van der Waals surface area contributed by atoms with E-state index in [1.807, 2.05) is 18.2 Å². The number of nitrogens with one attached hydrogen (secondary N) is 2. The molecule has 0 bridgehead atoms. The number of sulfonamides is 1. The summed E-state index contributed by atoms with van der Waals surface area (Å²) in [6.45, 7) is 4.28. The van der Waals surface area contributed by atoms with Gasteiger partial charge in [-0.1, -0.05) is 6.07 Å². The van der Waals surface area contributed by atoms with Gasteiger partial charge in [0.15, 0.2) is 5.65 Å². The van der Waals surface area contributed by atoms with Crippen molar-refractivity contribution >= 4 is 44.2 Å². The molecule has 11 nitrogen and oxygen atoms in total. The summed E-state index contributed by atoms with van der Waals surface area (Å²) < 4.78 is 27.0. The number of benzene rings is 1. The highest BCUT2D eigenvalue weighted by Crippen LogP contribution is 2.23. The van der Waals surface area contributed by atoms with Gasteiger partial charge in [0, 0.05) is 62.6 Å². The van der Waals surface area contributed by atoms with Crippen LogP contribution in [0.25, 0.3) is 11.0 Å². The van der Waals surface area contributed by atoms with Gasteiger partial charge in [-0.25, -0.2) is 23.1 Å². The minimum atomic E-state index is -3.45. The molecule has 3 aromatic heterocycles. The van der Waals surface area contributed by atoms with Crippen molar-refractivity contribution in [3.8, 4) is 0 Å². The maximum Gasteiger partial charge on any atom is 0.233 e. The van der Waals surface area contributed by atoms with Crippen molar-refractivity contribution in [2.75, 3.05) is 54.0 Å². The maximum absolute atomic E-state index is 12.1. The zero-order valence-corrected chi connectivity index (χ0v) is 20.4. The first-order valence-electron chi connectivity index (χ1n) is 11.3. The molecule has 0 saturated carbocycles. The second-order valence-corrected chi connectivity index (χ2v) is 10.4. The van der Waals surface area contributed by atoms with E-state index in [4.69, 9.17) is 0 Å². The van der Waals surface area contributed by atoms with E-state index in [0.717, 1.165) is 43.5 Å². The molecule has 1 fully saturated rings. The zero-order chi connectivity index (χ0) is 24.4. The van der Waals surface area contributed by atoms with Crippen LogP contribution in [0, 0.1) is 0 Å². The molecule has 2 N–H and O–H groups in total. The summed E-state index contributed by atoms with van der Waals surface area (Å²) in [5.74, 6) is 0.810. The Labute approximate surface area is 203 Å². The first-order chi connectivity index (χ1) is 16.9. The Morgan fingerprint density at radius 1 is 1.09 bits per heavy atom. The van der Waals surface area contributed by atoms with Gasteiger partial charge in [0.05, 0.1) is 24.4 Å². The molecule has 1 saturated heterocycles. The van der Waals surface area contributed by atoms with Gasteiger partial charge < -0.3 is 15.5 Å². The minimum Gasteiger partial charge on any atom is -0.369 e. The molecule has 4 heterocycles. The smallest absolute Gasteiger partial charge is 0.233 e. The molecule has 35 heavy (non-hydrogen) atoms. The average molecular weight is 494 g/mol. The van der Waals surface area contributed by atoms with Gasteiger partial charge in [0.1, 0.15) is 5.82 Å². The maximum atomic E-state index is 12.1. The van der Waals surface area contributed by atoms with Crippen molar-refractivity contribution < 1.29 is 8.42 Å². The lowest BCUT2D eigenvalue weighted by molar-refractivity contribution is 0.589. The Bertz CT molecular complexity index is 1430. The van der Waals surface area contributed by atoms with Crippen LogP contribution in [0.5, 0.6) is 0 Å². The van der Waals surface area contributed by atoms with Crippen molar-refractivity contribution in [3.05, 3.63) is 60.6 Å². The van der Waals surface area contributed by atoms with Crippen LogP contribution in [-0.2, 0) is 16.6 Å². The Morgan fingerprint density at radius 2 is 1.86 bits per heavy atom. The van der Waals surface area contributed by atoms with Crippen molar-refractivity contribution in [3.63, 3.8) is 0 Å². The van der Waals surface area contributed by atoms with Gasteiger partial charge in [0.25, 0.3) is 0 Å². The molecule has 0 unspecified atom stereocenters. The van der Waals surface area contributed by atoms with Crippen LogP contribution < -0.4 is 19.8 Å². The number of fused-ring (bicyclic) bond motifs is 1. The summed E-state index contributed by atoms with van der Waals surface area (Å²) in [4.78, 5) is 15.7. The Morgan fingerprint density at radius 3 is 2.60 bits per heavy atom. The minimum absolute atomic E-state index is 0.308. The Balaban J connectivity index is 1.37. The fourth-order valence-electron chi connectivity index (χ4n) is 4.01. The van der Waals surface area contributed by atoms with Crippen LogP contribution in [-0.4, -0.2) is 72.6 Å². The number of pyridine rings is 1. The summed E-state index contributed by atoms with van der Waals surface area (Å²) in [5, 5.41) is 11.9. The number of piperazine rings is 1. The van der Waals surface area contributed by atoms with E-state index in [-0.39, 0.29) is 0 Å². The van der Waals surface area contributed by atoms with Crippen LogP contribution in [0.3, 0.4) is 0 Å². The molecule has 1 aliphatic heterocycles. The number of nitrogens with zero attached hydrogens (tertiary/aromatic N) is 7. The molecule has 0 amide bonds. The number of rotatable bonds is 7. The van der Waals surface area contributed by atoms with Crippen LogP contribution in [0.1, 0.15) is 5.56 Å². The van der Waals surface area contributed by atoms with Crippen LogP contribution >= 0.6 is 0 Å². The van der Waals surface area contributed by atoms with Crippen LogP contribution in [0.15, 0.2) is 55.0 Å². The highest BCUT2D eigenvalue weighted by molar-refractivity contribution is 7.92. The van der Waals surface area contributed by atoms with E-state index in [9.17, 15) is 8.42 Å². The Hall–Kier alpha value is -3.77. The van der Waals surface area contributed by atoms with Crippen molar-refractivity contribution in [1.82, 2.24) is 30.0 Å². The molecule has 5 rings (SSSR count). The third-order valence-electron chi connectivity index (χ3n) is 5.97. The quantitative estimate of drug-likeness (QED) is 0.397. The highest BCUT2D eigenvalue weighted by atomic mass is 32.2. The molecule has 4 aromatic rings. The highest BCUT2D eigenvalue weighted by Gasteiger charge is 2.18. The average Bonchev–Trinajstić information content (AvgIpc) is 3.26. The zero-order valence-electron chi connectivity index (χ0n) is 19.6.